The summed E-state index contributed by atoms with van der Waals surface area (Å²) in [6.45, 7) is 2.32. The van der Waals surface area contributed by atoms with Gasteiger partial charge in [-0.3, -0.25) is 9.59 Å². The number of likely N-dealkylation sites (tertiary alicyclic amines) is 1. The van der Waals surface area contributed by atoms with E-state index in [9.17, 15) is 14.7 Å². The molecule has 1 N–H and O–H groups in total. The summed E-state index contributed by atoms with van der Waals surface area (Å²) in [6.07, 6.45) is 0. The number of aliphatic hydroxyl groups excluding tert-OH is 1. The van der Waals surface area contributed by atoms with Gasteiger partial charge in [0.15, 0.2) is 0 Å². The number of amides is 1. The lowest BCUT2D eigenvalue weighted by atomic mass is 9.94. The van der Waals surface area contributed by atoms with Crippen LogP contribution in [0.3, 0.4) is 0 Å². The average Bonchev–Trinajstić information content (AvgIpc) is 2.96. The molecule has 0 aromatic heterocycles. The molecule has 0 unspecified atom stereocenters. The van der Waals surface area contributed by atoms with E-state index in [1.807, 2.05) is 31.2 Å². The number of ether oxygens (including phenoxy) is 2. The predicted octanol–water partition coefficient (Wildman–Crippen LogP) is 3.83. The Morgan fingerprint density at radius 3 is 2.55 bits per heavy atom. The summed E-state index contributed by atoms with van der Waals surface area (Å²) in [5.41, 5.74) is 2.01. The standard InChI is InChI=1S/C22H22BrNO5/c1-13-11-16(29-3)7-8-17(13)20(25)18-19(14-5-4-6-15(23)12-14)24(9-10-28-2)22(27)21(18)26/h4-8,11-12,19,25H,9-10H2,1-3H3/t19-/m1/s1. The molecule has 2 aromatic rings. The lowest BCUT2D eigenvalue weighted by Gasteiger charge is -2.25. The van der Waals surface area contributed by atoms with E-state index in [0.29, 0.717) is 11.3 Å². The predicted molar refractivity (Wildman–Crippen MR) is 113 cm³/mol. The molecule has 1 aliphatic heterocycles. The van der Waals surface area contributed by atoms with Crippen molar-refractivity contribution in [3.63, 3.8) is 0 Å². The number of methoxy groups -OCH3 is 2. The molecule has 1 saturated heterocycles. The van der Waals surface area contributed by atoms with Crippen molar-refractivity contribution >= 4 is 33.4 Å². The van der Waals surface area contributed by atoms with E-state index in [4.69, 9.17) is 9.47 Å². The second kappa shape index (κ2) is 8.80. The van der Waals surface area contributed by atoms with Crippen molar-refractivity contribution in [1.29, 1.82) is 0 Å². The third kappa shape index (κ3) is 4.06. The fourth-order valence-corrected chi connectivity index (χ4v) is 3.91. The van der Waals surface area contributed by atoms with Crippen LogP contribution in [0.2, 0.25) is 0 Å². The molecule has 0 aliphatic carbocycles. The summed E-state index contributed by atoms with van der Waals surface area (Å²) < 4.78 is 11.1. The fourth-order valence-electron chi connectivity index (χ4n) is 3.50. The largest absolute Gasteiger partial charge is 0.507 e. The highest BCUT2D eigenvalue weighted by Crippen LogP contribution is 2.40. The van der Waals surface area contributed by atoms with Crippen molar-refractivity contribution < 1.29 is 24.2 Å². The Morgan fingerprint density at radius 1 is 1.17 bits per heavy atom. The van der Waals surface area contributed by atoms with Crippen LogP contribution in [0.1, 0.15) is 22.7 Å². The number of benzene rings is 2. The number of nitrogens with zero attached hydrogens (tertiary/aromatic N) is 1. The van der Waals surface area contributed by atoms with E-state index in [0.717, 1.165) is 15.6 Å². The number of halogens is 1. The number of ketones is 1. The van der Waals surface area contributed by atoms with Crippen LogP contribution in [0, 0.1) is 6.92 Å². The van der Waals surface area contributed by atoms with E-state index in [-0.39, 0.29) is 24.5 Å². The molecule has 1 aliphatic rings. The summed E-state index contributed by atoms with van der Waals surface area (Å²) in [7, 11) is 3.09. The molecule has 29 heavy (non-hydrogen) atoms. The van der Waals surface area contributed by atoms with Crippen molar-refractivity contribution in [2.24, 2.45) is 0 Å². The van der Waals surface area contributed by atoms with Gasteiger partial charge in [-0.15, -0.1) is 0 Å². The number of carbonyl (C=O) groups is 2. The average molecular weight is 460 g/mol. The Hall–Kier alpha value is -2.64. The summed E-state index contributed by atoms with van der Waals surface area (Å²) in [5.74, 6) is -0.921. The SMILES string of the molecule is COCCN1C(=O)C(=O)C(=C(O)c2ccc(OC)cc2C)[C@H]1c1cccc(Br)c1. The van der Waals surface area contributed by atoms with Crippen molar-refractivity contribution in [3.8, 4) is 5.75 Å². The number of Topliss-reactive ketones (excluding diaryl/α,β-unsaturated/α-hetero) is 1. The smallest absolute Gasteiger partial charge is 0.295 e. The maximum atomic E-state index is 12.9. The van der Waals surface area contributed by atoms with Crippen molar-refractivity contribution in [2.45, 2.75) is 13.0 Å². The number of aliphatic hydroxyl groups is 1. The zero-order valence-corrected chi connectivity index (χ0v) is 18.0. The molecule has 0 saturated carbocycles. The molecule has 1 fully saturated rings. The van der Waals surface area contributed by atoms with Crippen LogP contribution in [0.25, 0.3) is 5.76 Å². The van der Waals surface area contributed by atoms with Gasteiger partial charge in [-0.25, -0.2) is 0 Å². The minimum absolute atomic E-state index is 0.0671. The van der Waals surface area contributed by atoms with Crippen molar-refractivity contribution in [2.75, 3.05) is 27.4 Å². The molecule has 0 bridgehead atoms. The Morgan fingerprint density at radius 2 is 1.93 bits per heavy atom. The van der Waals surface area contributed by atoms with E-state index in [1.54, 1.807) is 25.3 Å². The number of hydrogen-bond donors (Lipinski definition) is 1. The molecule has 0 spiro atoms. The number of carbonyl (C=O) groups excluding carboxylic acids is 2. The van der Waals surface area contributed by atoms with Gasteiger partial charge in [-0.2, -0.15) is 0 Å². The first-order chi connectivity index (χ1) is 13.9. The van der Waals surface area contributed by atoms with Gasteiger partial charge < -0.3 is 19.5 Å². The van der Waals surface area contributed by atoms with Crippen LogP contribution in [-0.2, 0) is 14.3 Å². The maximum absolute atomic E-state index is 12.9. The van der Waals surface area contributed by atoms with Crippen LogP contribution in [0.5, 0.6) is 5.75 Å². The number of aryl methyl sites for hydroxylation is 1. The third-order valence-electron chi connectivity index (χ3n) is 4.93. The van der Waals surface area contributed by atoms with Crippen molar-refractivity contribution in [3.05, 3.63) is 69.2 Å². The monoisotopic (exact) mass is 459 g/mol. The number of rotatable bonds is 6. The first kappa shape index (κ1) is 21.1. The Balaban J connectivity index is 2.19. The molecule has 2 aromatic carbocycles. The van der Waals surface area contributed by atoms with E-state index < -0.39 is 17.7 Å². The zero-order valence-electron chi connectivity index (χ0n) is 16.4. The second-order valence-corrected chi connectivity index (χ2v) is 7.64. The van der Waals surface area contributed by atoms with E-state index in [2.05, 4.69) is 15.9 Å². The molecular weight excluding hydrogens is 438 g/mol. The van der Waals surface area contributed by atoms with Crippen LogP contribution in [0.15, 0.2) is 52.5 Å². The topological polar surface area (TPSA) is 76.1 Å². The molecular formula is C22H22BrNO5. The molecule has 1 amide bonds. The van der Waals surface area contributed by atoms with Gasteiger partial charge in [0, 0.05) is 23.7 Å². The molecule has 0 radical (unpaired) electrons. The van der Waals surface area contributed by atoms with Gasteiger partial charge in [0.25, 0.3) is 11.7 Å². The molecule has 1 heterocycles. The van der Waals surface area contributed by atoms with Crippen molar-refractivity contribution in [1.82, 2.24) is 4.90 Å². The molecule has 6 nitrogen and oxygen atoms in total. The zero-order chi connectivity index (χ0) is 21.1. The normalized spacial score (nSPS) is 18.3. The second-order valence-electron chi connectivity index (χ2n) is 6.72. The van der Waals surface area contributed by atoms with Gasteiger partial charge in [-0.1, -0.05) is 28.1 Å². The van der Waals surface area contributed by atoms with E-state index >= 15 is 0 Å². The Kier molecular flexibility index (Phi) is 6.39. The highest BCUT2D eigenvalue weighted by atomic mass is 79.9. The van der Waals surface area contributed by atoms with Crippen LogP contribution in [-0.4, -0.2) is 49.1 Å². The highest BCUT2D eigenvalue weighted by molar-refractivity contribution is 9.10. The maximum Gasteiger partial charge on any atom is 0.295 e. The van der Waals surface area contributed by atoms with Crippen LogP contribution < -0.4 is 4.74 Å². The lowest BCUT2D eigenvalue weighted by molar-refractivity contribution is -0.140. The van der Waals surface area contributed by atoms with Crippen LogP contribution >= 0.6 is 15.9 Å². The minimum Gasteiger partial charge on any atom is -0.507 e. The third-order valence-corrected chi connectivity index (χ3v) is 5.42. The fraction of sp³-hybridized carbons (Fsp3) is 0.273. The van der Waals surface area contributed by atoms with Gasteiger partial charge in [-0.05, 0) is 48.4 Å². The first-order valence-electron chi connectivity index (χ1n) is 9.06. The van der Waals surface area contributed by atoms with Gasteiger partial charge in [0.05, 0.1) is 25.3 Å². The quantitative estimate of drug-likeness (QED) is 0.403. The molecule has 3 rings (SSSR count). The van der Waals surface area contributed by atoms with Gasteiger partial charge >= 0.3 is 0 Å². The number of hydrogen-bond acceptors (Lipinski definition) is 5. The summed E-state index contributed by atoms with van der Waals surface area (Å²) in [4.78, 5) is 27.1. The molecule has 1 atom stereocenters. The summed E-state index contributed by atoms with van der Waals surface area (Å²) in [5, 5.41) is 11.1. The highest BCUT2D eigenvalue weighted by Gasteiger charge is 2.46. The molecule has 7 heteroatoms. The molecule has 152 valence electrons. The first-order valence-corrected chi connectivity index (χ1v) is 9.86. The Labute approximate surface area is 177 Å². The summed E-state index contributed by atoms with van der Waals surface area (Å²) >= 11 is 3.44. The van der Waals surface area contributed by atoms with Gasteiger partial charge in [0.2, 0.25) is 0 Å². The van der Waals surface area contributed by atoms with Crippen LogP contribution in [0.4, 0.5) is 0 Å². The van der Waals surface area contributed by atoms with E-state index in [1.165, 1.54) is 12.0 Å². The Bertz CT molecular complexity index is 985. The summed E-state index contributed by atoms with van der Waals surface area (Å²) in [6, 6.07) is 11.8. The van der Waals surface area contributed by atoms with Gasteiger partial charge in [0.1, 0.15) is 11.5 Å². The lowest BCUT2D eigenvalue weighted by Crippen LogP contribution is -2.32. The minimum atomic E-state index is -0.709.